The number of nitrogens with two attached hydrogens (primary N) is 2. The summed E-state index contributed by atoms with van der Waals surface area (Å²) in [4.78, 5) is 65.2. The van der Waals surface area contributed by atoms with Gasteiger partial charge in [-0.15, -0.1) is 0 Å². The fraction of sp³-hybridized carbons (Fsp3) is 0.500. The Balaban J connectivity index is 2.20. The normalized spacial score (nSPS) is 13.9. The standard InChI is InChI=1S/C26H38N6O6/c1-14(2)21(24(36)32-22(34)17(27)10-11-20(28)33)31-23(35)19(30-25(37)38-26(3,4)5)12-15-13-29-18-9-7-6-8-16(15)18/h6-9,13-14,17,19,21,29H,10-12,27H2,1-5H3,(H2,28,33)(H,30,37)(H,31,35)(H,32,34,36)/t17?,19-,21-/m0/s1. The average molecular weight is 531 g/mol. The summed E-state index contributed by atoms with van der Waals surface area (Å²) >= 11 is 0. The Morgan fingerprint density at radius 1 is 1.00 bits per heavy atom. The first-order chi connectivity index (χ1) is 17.7. The highest BCUT2D eigenvalue weighted by Crippen LogP contribution is 2.20. The number of primary amides is 1. The molecular formula is C26H38N6O6. The number of H-pyrrole nitrogens is 1. The van der Waals surface area contributed by atoms with E-state index in [-0.39, 0.29) is 19.3 Å². The van der Waals surface area contributed by atoms with E-state index in [1.165, 1.54) is 0 Å². The number of carbonyl (C=O) groups excluding carboxylic acids is 5. The van der Waals surface area contributed by atoms with E-state index < -0.39 is 59.4 Å². The van der Waals surface area contributed by atoms with Crippen molar-refractivity contribution in [3.63, 3.8) is 0 Å². The minimum Gasteiger partial charge on any atom is -0.444 e. The molecule has 0 aliphatic heterocycles. The van der Waals surface area contributed by atoms with Crippen molar-refractivity contribution in [1.82, 2.24) is 20.9 Å². The Morgan fingerprint density at radius 3 is 2.26 bits per heavy atom. The number of fused-ring (bicyclic) bond motifs is 1. The van der Waals surface area contributed by atoms with Gasteiger partial charge in [0.15, 0.2) is 0 Å². The van der Waals surface area contributed by atoms with Gasteiger partial charge in [0.25, 0.3) is 0 Å². The topological polar surface area (TPSA) is 199 Å². The SMILES string of the molecule is CC(C)[C@H](NC(=O)[C@H](Cc1c[nH]c2ccccc12)NC(=O)OC(C)(C)C)C(=O)NC(=O)C(N)CCC(N)=O. The van der Waals surface area contributed by atoms with E-state index in [2.05, 4.69) is 20.9 Å². The van der Waals surface area contributed by atoms with E-state index in [9.17, 15) is 24.0 Å². The number of alkyl carbamates (subject to hydrolysis) is 1. The first-order valence-corrected chi connectivity index (χ1v) is 12.4. The van der Waals surface area contributed by atoms with Crippen LogP contribution in [0.4, 0.5) is 4.79 Å². The van der Waals surface area contributed by atoms with Crippen LogP contribution in [-0.4, -0.2) is 58.4 Å². The molecular weight excluding hydrogens is 492 g/mol. The van der Waals surface area contributed by atoms with Crippen molar-refractivity contribution in [3.05, 3.63) is 36.0 Å². The number of aromatic amines is 1. The molecule has 0 saturated carbocycles. The van der Waals surface area contributed by atoms with Crippen LogP contribution in [0.2, 0.25) is 0 Å². The molecule has 0 spiro atoms. The number of hydrogen-bond donors (Lipinski definition) is 6. The summed E-state index contributed by atoms with van der Waals surface area (Å²) in [5, 5.41) is 8.30. The molecule has 0 saturated heterocycles. The summed E-state index contributed by atoms with van der Waals surface area (Å²) in [5.74, 6) is -3.23. The summed E-state index contributed by atoms with van der Waals surface area (Å²) in [6, 6.07) is 4.19. The number of benzene rings is 1. The van der Waals surface area contributed by atoms with Gasteiger partial charge in [0, 0.05) is 29.9 Å². The van der Waals surface area contributed by atoms with E-state index in [1.54, 1.807) is 40.8 Å². The minimum absolute atomic E-state index is 0.0281. The van der Waals surface area contributed by atoms with Gasteiger partial charge in [-0.25, -0.2) is 4.79 Å². The number of rotatable bonds is 11. The summed E-state index contributed by atoms with van der Waals surface area (Å²) in [6.45, 7) is 8.48. The second-order valence-corrected chi connectivity index (χ2v) is 10.5. The van der Waals surface area contributed by atoms with Crippen LogP contribution in [0.5, 0.6) is 0 Å². The highest BCUT2D eigenvalue weighted by atomic mass is 16.6. The molecule has 0 aliphatic rings. The molecule has 0 aliphatic carbocycles. The Morgan fingerprint density at radius 2 is 1.66 bits per heavy atom. The van der Waals surface area contributed by atoms with Crippen LogP contribution in [-0.2, 0) is 30.3 Å². The second-order valence-electron chi connectivity index (χ2n) is 10.5. The number of nitrogens with one attached hydrogen (secondary N) is 4. The van der Waals surface area contributed by atoms with Crippen molar-refractivity contribution in [1.29, 1.82) is 0 Å². The zero-order chi connectivity index (χ0) is 28.6. The summed E-state index contributed by atoms with van der Waals surface area (Å²) in [6.07, 6.45) is 0.927. The first-order valence-electron chi connectivity index (χ1n) is 12.4. The molecule has 0 bridgehead atoms. The van der Waals surface area contributed by atoms with Crippen molar-refractivity contribution in [2.45, 2.75) is 77.6 Å². The van der Waals surface area contributed by atoms with Crippen LogP contribution >= 0.6 is 0 Å². The summed E-state index contributed by atoms with van der Waals surface area (Å²) < 4.78 is 5.34. The Labute approximate surface area is 221 Å². The lowest BCUT2D eigenvalue weighted by molar-refractivity contribution is -0.136. The molecule has 0 fully saturated rings. The predicted octanol–water partition coefficient (Wildman–Crippen LogP) is 0.980. The Kier molecular flexibility index (Phi) is 10.4. The smallest absolute Gasteiger partial charge is 0.408 e. The highest BCUT2D eigenvalue weighted by Gasteiger charge is 2.32. The van der Waals surface area contributed by atoms with Gasteiger partial charge >= 0.3 is 6.09 Å². The number of imide groups is 1. The third-order valence-electron chi connectivity index (χ3n) is 5.64. The molecule has 12 nitrogen and oxygen atoms in total. The van der Waals surface area contributed by atoms with Crippen LogP contribution in [0, 0.1) is 5.92 Å². The monoisotopic (exact) mass is 530 g/mol. The largest absolute Gasteiger partial charge is 0.444 e. The van der Waals surface area contributed by atoms with Gasteiger partial charge in [0.1, 0.15) is 17.7 Å². The van der Waals surface area contributed by atoms with E-state index in [4.69, 9.17) is 16.2 Å². The minimum atomic E-state index is -1.13. The third kappa shape index (κ3) is 9.18. The molecule has 5 amide bonds. The molecule has 0 radical (unpaired) electrons. The first kappa shape index (κ1) is 30.3. The van der Waals surface area contributed by atoms with Gasteiger partial charge in [-0.1, -0.05) is 32.0 Å². The lowest BCUT2D eigenvalue weighted by Crippen LogP contribution is -2.58. The van der Waals surface area contributed by atoms with Crippen LogP contribution in [0.15, 0.2) is 30.5 Å². The maximum Gasteiger partial charge on any atom is 0.408 e. The molecule has 1 aromatic heterocycles. The van der Waals surface area contributed by atoms with Crippen molar-refractivity contribution < 1.29 is 28.7 Å². The summed E-state index contributed by atoms with van der Waals surface area (Å²) in [5.41, 5.74) is 11.7. The molecule has 12 heteroatoms. The van der Waals surface area contributed by atoms with Crippen LogP contribution in [0.25, 0.3) is 10.9 Å². The number of para-hydroxylation sites is 1. The van der Waals surface area contributed by atoms with Crippen LogP contribution in [0.3, 0.4) is 0 Å². The van der Waals surface area contributed by atoms with Crippen LogP contribution < -0.4 is 27.4 Å². The molecule has 2 rings (SSSR count). The second kappa shape index (κ2) is 13.0. The van der Waals surface area contributed by atoms with E-state index >= 15 is 0 Å². The fourth-order valence-electron chi connectivity index (χ4n) is 3.69. The Bertz CT molecular complexity index is 1170. The number of amides is 5. The van der Waals surface area contributed by atoms with Gasteiger partial charge in [-0.3, -0.25) is 24.5 Å². The highest BCUT2D eigenvalue weighted by molar-refractivity contribution is 6.02. The predicted molar refractivity (Wildman–Crippen MR) is 141 cm³/mol. The van der Waals surface area contributed by atoms with Crippen molar-refractivity contribution >= 4 is 40.6 Å². The number of ether oxygens (including phenoxy) is 1. The Hall–Kier alpha value is -3.93. The lowest BCUT2D eigenvalue weighted by Gasteiger charge is -2.26. The van der Waals surface area contributed by atoms with Gasteiger partial charge in [-0.05, 0) is 44.7 Å². The molecule has 1 heterocycles. The lowest BCUT2D eigenvalue weighted by atomic mass is 10.0. The van der Waals surface area contributed by atoms with Gasteiger partial charge in [0.2, 0.25) is 23.6 Å². The zero-order valence-corrected chi connectivity index (χ0v) is 22.4. The molecule has 3 atom stereocenters. The average Bonchev–Trinajstić information content (AvgIpc) is 3.21. The fourth-order valence-corrected chi connectivity index (χ4v) is 3.69. The molecule has 2 aromatic rings. The quantitative estimate of drug-likeness (QED) is 0.249. The van der Waals surface area contributed by atoms with E-state index in [0.717, 1.165) is 16.5 Å². The maximum atomic E-state index is 13.4. The molecule has 1 aromatic carbocycles. The van der Waals surface area contributed by atoms with Crippen LogP contribution in [0.1, 0.15) is 53.0 Å². The number of carbonyl (C=O) groups is 5. The molecule has 1 unspecified atom stereocenters. The van der Waals surface area contributed by atoms with Crippen molar-refractivity contribution in [2.75, 3.05) is 0 Å². The molecule has 8 N–H and O–H groups in total. The third-order valence-corrected chi connectivity index (χ3v) is 5.64. The molecule has 38 heavy (non-hydrogen) atoms. The number of aromatic nitrogens is 1. The zero-order valence-electron chi connectivity index (χ0n) is 22.4. The van der Waals surface area contributed by atoms with Gasteiger partial charge in [0.05, 0.1) is 6.04 Å². The van der Waals surface area contributed by atoms with Gasteiger partial charge in [-0.2, -0.15) is 0 Å². The molecule has 208 valence electrons. The van der Waals surface area contributed by atoms with E-state index in [0.29, 0.717) is 0 Å². The maximum absolute atomic E-state index is 13.4. The van der Waals surface area contributed by atoms with Gasteiger partial charge < -0.3 is 31.8 Å². The summed E-state index contributed by atoms with van der Waals surface area (Å²) in [7, 11) is 0. The van der Waals surface area contributed by atoms with Crippen molar-refractivity contribution in [2.24, 2.45) is 17.4 Å². The van der Waals surface area contributed by atoms with Crippen molar-refractivity contribution in [3.8, 4) is 0 Å². The number of hydrogen-bond acceptors (Lipinski definition) is 7. The van der Waals surface area contributed by atoms with E-state index in [1.807, 2.05) is 24.3 Å².